The maximum atomic E-state index is 12.6. The average Bonchev–Trinajstić information content (AvgIpc) is 2.91. The lowest BCUT2D eigenvalue weighted by Gasteiger charge is -2.13. The molecule has 10 heteroatoms. The van der Waals surface area contributed by atoms with Gasteiger partial charge in [0.1, 0.15) is 11.9 Å². The van der Waals surface area contributed by atoms with E-state index in [0.717, 1.165) is 0 Å². The van der Waals surface area contributed by atoms with E-state index in [-0.39, 0.29) is 16.5 Å². The van der Waals surface area contributed by atoms with Gasteiger partial charge in [-0.1, -0.05) is 24.3 Å². The van der Waals surface area contributed by atoms with Crippen LogP contribution in [-0.4, -0.2) is 37.9 Å². The first kappa shape index (κ1) is 19.9. The lowest BCUT2D eigenvalue weighted by atomic mass is 10.2. The molecule has 0 spiro atoms. The van der Waals surface area contributed by atoms with Gasteiger partial charge in [-0.2, -0.15) is 0 Å². The molecule has 28 heavy (non-hydrogen) atoms. The first-order valence-electron chi connectivity index (χ1n) is 8.29. The summed E-state index contributed by atoms with van der Waals surface area (Å²) in [5.41, 5.74) is 6.13. The summed E-state index contributed by atoms with van der Waals surface area (Å²) >= 11 is 1.22. The standard InChI is InChI=1S/C18H18N4O4S2/c1-11(20-17-12-6-2-5-9-15(12)28(25,26)22-17)18(24)21-13-7-3-4-8-14(13)27-10-16(19)23/h2-9,11H,10H2,1H3,(H2,19,23)(H,20,22)(H,21,24)/t11-/m0/s1. The Morgan fingerprint density at radius 1 is 1.18 bits per heavy atom. The van der Waals surface area contributed by atoms with Gasteiger partial charge >= 0.3 is 0 Å². The molecule has 146 valence electrons. The van der Waals surface area contributed by atoms with Crippen LogP contribution in [0.3, 0.4) is 0 Å². The molecule has 8 nitrogen and oxygen atoms in total. The monoisotopic (exact) mass is 418 g/mol. The highest BCUT2D eigenvalue weighted by atomic mass is 32.2. The number of hydrogen-bond donors (Lipinski definition) is 3. The quantitative estimate of drug-likeness (QED) is 0.609. The Labute approximate surface area is 166 Å². The first-order valence-corrected chi connectivity index (χ1v) is 10.8. The van der Waals surface area contributed by atoms with Gasteiger partial charge in [-0.15, -0.1) is 11.8 Å². The Morgan fingerprint density at radius 3 is 2.61 bits per heavy atom. The molecule has 1 aliphatic heterocycles. The fourth-order valence-corrected chi connectivity index (χ4v) is 4.55. The maximum absolute atomic E-state index is 12.6. The van der Waals surface area contributed by atoms with Crippen LogP contribution in [0, 0.1) is 0 Å². The molecule has 0 aliphatic carbocycles. The Bertz CT molecular complexity index is 1070. The van der Waals surface area contributed by atoms with Gasteiger partial charge in [-0.25, -0.2) is 8.42 Å². The van der Waals surface area contributed by atoms with Gasteiger partial charge < -0.3 is 11.1 Å². The Hall–Kier alpha value is -2.85. The summed E-state index contributed by atoms with van der Waals surface area (Å²) in [5, 5.41) is 2.76. The minimum Gasteiger partial charge on any atom is -0.369 e. The van der Waals surface area contributed by atoms with E-state index in [1.165, 1.54) is 17.8 Å². The maximum Gasteiger partial charge on any atom is 0.263 e. The van der Waals surface area contributed by atoms with Gasteiger partial charge in [-0.05, 0) is 31.2 Å². The van der Waals surface area contributed by atoms with Crippen LogP contribution < -0.4 is 15.8 Å². The van der Waals surface area contributed by atoms with Crippen LogP contribution in [-0.2, 0) is 19.6 Å². The highest BCUT2D eigenvalue weighted by molar-refractivity contribution is 8.00. The van der Waals surface area contributed by atoms with E-state index in [2.05, 4.69) is 15.0 Å². The van der Waals surface area contributed by atoms with Crippen molar-refractivity contribution in [2.24, 2.45) is 10.7 Å². The Balaban J connectivity index is 1.78. The van der Waals surface area contributed by atoms with Crippen LogP contribution in [0.25, 0.3) is 0 Å². The summed E-state index contributed by atoms with van der Waals surface area (Å²) in [6.45, 7) is 1.57. The number of carbonyl (C=O) groups excluding carboxylic acids is 2. The topological polar surface area (TPSA) is 131 Å². The number of aliphatic imine (C=N–C) groups is 1. The number of sulfonamides is 1. The number of amides is 2. The fourth-order valence-electron chi connectivity index (χ4n) is 2.56. The van der Waals surface area contributed by atoms with Crippen molar-refractivity contribution in [1.29, 1.82) is 0 Å². The minimum atomic E-state index is -3.67. The van der Waals surface area contributed by atoms with Crippen LogP contribution in [0.15, 0.2) is 63.3 Å². The molecule has 0 fully saturated rings. The number of benzene rings is 2. The molecule has 3 rings (SSSR count). The van der Waals surface area contributed by atoms with Crippen molar-refractivity contribution in [3.05, 3.63) is 54.1 Å². The van der Waals surface area contributed by atoms with Gasteiger partial charge in [0.2, 0.25) is 11.8 Å². The number of thioether (sulfide) groups is 1. The van der Waals surface area contributed by atoms with E-state index in [1.807, 2.05) is 0 Å². The molecule has 0 saturated carbocycles. The molecular weight excluding hydrogens is 400 g/mol. The predicted molar refractivity (Wildman–Crippen MR) is 108 cm³/mol. The molecule has 1 atom stereocenters. The number of carbonyl (C=O) groups is 2. The van der Waals surface area contributed by atoms with Gasteiger partial charge in [0.25, 0.3) is 10.0 Å². The summed E-state index contributed by atoms with van der Waals surface area (Å²) in [5.74, 6) is -0.653. The van der Waals surface area contributed by atoms with Crippen molar-refractivity contribution in [2.45, 2.75) is 22.8 Å². The van der Waals surface area contributed by atoms with Crippen LogP contribution in [0.5, 0.6) is 0 Å². The largest absolute Gasteiger partial charge is 0.369 e. The molecule has 0 bridgehead atoms. The van der Waals surface area contributed by atoms with E-state index in [9.17, 15) is 18.0 Å². The zero-order valence-electron chi connectivity index (χ0n) is 14.9. The molecule has 1 aliphatic rings. The Morgan fingerprint density at radius 2 is 1.86 bits per heavy atom. The minimum absolute atomic E-state index is 0.0866. The number of hydrogen-bond acceptors (Lipinski definition) is 6. The van der Waals surface area contributed by atoms with Crippen molar-refractivity contribution in [2.75, 3.05) is 11.1 Å². The van der Waals surface area contributed by atoms with E-state index in [1.54, 1.807) is 49.4 Å². The zero-order chi connectivity index (χ0) is 20.3. The summed E-state index contributed by atoms with van der Waals surface area (Å²) in [6.07, 6.45) is 0. The fraction of sp³-hybridized carbons (Fsp3) is 0.167. The predicted octanol–water partition coefficient (Wildman–Crippen LogP) is 1.33. The van der Waals surface area contributed by atoms with E-state index < -0.39 is 27.9 Å². The summed E-state index contributed by atoms with van der Waals surface area (Å²) in [7, 11) is -3.67. The molecule has 0 radical (unpaired) electrons. The number of para-hydroxylation sites is 1. The van der Waals surface area contributed by atoms with Crippen LogP contribution in [0.1, 0.15) is 12.5 Å². The number of nitrogens with one attached hydrogen (secondary N) is 2. The van der Waals surface area contributed by atoms with Gasteiger partial charge in [0, 0.05) is 10.5 Å². The van der Waals surface area contributed by atoms with E-state index in [4.69, 9.17) is 5.73 Å². The number of amidine groups is 1. The average molecular weight is 419 g/mol. The summed E-state index contributed by atoms with van der Waals surface area (Å²) in [6, 6.07) is 12.6. The smallest absolute Gasteiger partial charge is 0.263 e. The molecule has 0 saturated heterocycles. The first-order chi connectivity index (χ1) is 13.3. The normalized spacial score (nSPS) is 16.8. The van der Waals surface area contributed by atoms with Crippen LogP contribution >= 0.6 is 11.8 Å². The van der Waals surface area contributed by atoms with E-state index in [0.29, 0.717) is 16.1 Å². The molecule has 4 N–H and O–H groups in total. The van der Waals surface area contributed by atoms with Crippen molar-refractivity contribution in [3.8, 4) is 0 Å². The SMILES string of the molecule is C[C@H](N=C1NS(=O)(=O)c2ccccc21)C(=O)Nc1ccccc1SCC(N)=O. The van der Waals surface area contributed by atoms with E-state index >= 15 is 0 Å². The Kier molecular flexibility index (Phi) is 5.71. The highest BCUT2D eigenvalue weighted by Crippen LogP contribution is 2.27. The summed E-state index contributed by atoms with van der Waals surface area (Å²) < 4.78 is 26.7. The second-order valence-corrected chi connectivity index (χ2v) is 8.66. The third-order valence-corrected chi connectivity index (χ3v) is 6.37. The highest BCUT2D eigenvalue weighted by Gasteiger charge is 2.31. The van der Waals surface area contributed by atoms with Gasteiger partial charge in [0.15, 0.2) is 0 Å². The molecule has 1 heterocycles. The lowest BCUT2D eigenvalue weighted by Crippen LogP contribution is -2.29. The van der Waals surface area contributed by atoms with Crippen molar-refractivity contribution in [3.63, 3.8) is 0 Å². The molecule has 0 aromatic heterocycles. The number of primary amides is 1. The molecule has 2 aromatic rings. The number of nitrogens with zero attached hydrogens (tertiary/aromatic N) is 1. The van der Waals surface area contributed by atoms with Crippen molar-refractivity contribution >= 4 is 45.1 Å². The second-order valence-electron chi connectivity index (χ2n) is 6.00. The molecule has 2 amide bonds. The molecule has 2 aromatic carbocycles. The number of anilines is 1. The third-order valence-electron chi connectivity index (χ3n) is 3.88. The summed E-state index contributed by atoms with van der Waals surface area (Å²) in [4.78, 5) is 28.6. The third kappa shape index (κ3) is 4.34. The second kappa shape index (κ2) is 8.03. The van der Waals surface area contributed by atoms with Crippen molar-refractivity contribution in [1.82, 2.24) is 4.72 Å². The zero-order valence-corrected chi connectivity index (χ0v) is 16.5. The number of fused-ring (bicyclic) bond motifs is 1. The number of rotatable bonds is 6. The van der Waals surface area contributed by atoms with Crippen LogP contribution in [0.4, 0.5) is 5.69 Å². The lowest BCUT2D eigenvalue weighted by molar-refractivity contribution is -0.117. The molecular formula is C18H18N4O4S2. The van der Waals surface area contributed by atoms with Gasteiger partial charge in [-0.3, -0.25) is 19.3 Å². The van der Waals surface area contributed by atoms with Crippen molar-refractivity contribution < 1.29 is 18.0 Å². The van der Waals surface area contributed by atoms with Crippen LogP contribution in [0.2, 0.25) is 0 Å². The molecule has 0 unspecified atom stereocenters. The number of nitrogens with two attached hydrogens (primary N) is 1. The van der Waals surface area contributed by atoms with Gasteiger partial charge in [0.05, 0.1) is 16.3 Å².